The number of nitrogens with zero attached hydrogens (tertiary/aromatic N) is 1. The van der Waals surface area contributed by atoms with E-state index in [4.69, 9.17) is 10.5 Å². The molecule has 3 heteroatoms. The van der Waals surface area contributed by atoms with E-state index in [9.17, 15) is 0 Å². The molecule has 3 rings (SSSR count). The lowest BCUT2D eigenvalue weighted by atomic mass is 9.92. The van der Waals surface area contributed by atoms with Gasteiger partial charge in [-0.2, -0.15) is 0 Å². The van der Waals surface area contributed by atoms with E-state index in [0.29, 0.717) is 12.1 Å². The Balaban J connectivity index is 1.85. The van der Waals surface area contributed by atoms with E-state index >= 15 is 0 Å². The lowest BCUT2D eigenvalue weighted by Crippen LogP contribution is -2.61. The fourth-order valence-corrected chi connectivity index (χ4v) is 3.39. The van der Waals surface area contributed by atoms with Crippen molar-refractivity contribution in [1.29, 1.82) is 0 Å². The number of rotatable bonds is 1. The number of hydrogen-bond donors (Lipinski definition) is 1. The van der Waals surface area contributed by atoms with Crippen LogP contribution in [-0.4, -0.2) is 29.8 Å². The Labute approximate surface area is 109 Å². The molecule has 4 atom stereocenters. The molecule has 2 saturated heterocycles. The van der Waals surface area contributed by atoms with Crippen molar-refractivity contribution in [3.8, 4) is 0 Å². The molecule has 18 heavy (non-hydrogen) atoms. The second-order valence-electron chi connectivity index (χ2n) is 5.47. The van der Waals surface area contributed by atoms with Crippen LogP contribution in [0.2, 0.25) is 0 Å². The van der Waals surface area contributed by atoms with Gasteiger partial charge in [-0.15, -0.1) is 0 Å². The van der Waals surface area contributed by atoms with Crippen molar-refractivity contribution in [2.75, 3.05) is 6.54 Å². The van der Waals surface area contributed by atoms with Crippen molar-refractivity contribution in [1.82, 2.24) is 4.90 Å². The average molecular weight is 246 g/mol. The van der Waals surface area contributed by atoms with Crippen LogP contribution in [0.15, 0.2) is 30.3 Å². The van der Waals surface area contributed by atoms with Crippen LogP contribution in [0.1, 0.15) is 37.9 Å². The van der Waals surface area contributed by atoms with Gasteiger partial charge in [0.25, 0.3) is 0 Å². The predicted octanol–water partition coefficient (Wildman–Crippen LogP) is 2.29. The van der Waals surface area contributed by atoms with E-state index in [1.54, 1.807) is 0 Å². The maximum absolute atomic E-state index is 6.22. The summed E-state index contributed by atoms with van der Waals surface area (Å²) >= 11 is 0. The van der Waals surface area contributed by atoms with Crippen LogP contribution in [0.4, 0.5) is 0 Å². The SMILES string of the molecule is C[C@@H]1[C@H](c2ccccc2)OC(N)C2CCCCN21. The third-order valence-electron chi connectivity index (χ3n) is 4.36. The summed E-state index contributed by atoms with van der Waals surface area (Å²) in [6.45, 7) is 3.42. The van der Waals surface area contributed by atoms with E-state index in [2.05, 4.69) is 36.1 Å². The topological polar surface area (TPSA) is 38.5 Å². The highest BCUT2D eigenvalue weighted by Crippen LogP contribution is 2.36. The smallest absolute Gasteiger partial charge is 0.122 e. The van der Waals surface area contributed by atoms with Crippen molar-refractivity contribution in [2.45, 2.75) is 50.6 Å². The van der Waals surface area contributed by atoms with E-state index in [0.717, 1.165) is 6.54 Å². The number of fused-ring (bicyclic) bond motifs is 1. The first-order valence-electron chi connectivity index (χ1n) is 6.99. The molecule has 0 aliphatic carbocycles. The van der Waals surface area contributed by atoms with Crippen LogP contribution in [0.3, 0.4) is 0 Å². The number of piperidine rings is 1. The highest BCUT2D eigenvalue weighted by atomic mass is 16.5. The molecule has 2 aliphatic rings. The number of benzene rings is 1. The Hall–Kier alpha value is -0.900. The summed E-state index contributed by atoms with van der Waals surface area (Å²) in [5.41, 5.74) is 7.46. The molecule has 0 bridgehead atoms. The van der Waals surface area contributed by atoms with Crippen molar-refractivity contribution in [2.24, 2.45) is 5.73 Å². The standard InChI is InChI=1S/C15H22N2O/c1-11-14(12-7-3-2-4-8-12)18-15(16)13-9-5-6-10-17(11)13/h2-4,7-8,11,13-15H,5-6,9-10,16H2,1H3/t11-,13?,14-,15?/m1/s1. The number of ether oxygens (including phenoxy) is 1. The molecule has 2 aliphatic heterocycles. The zero-order chi connectivity index (χ0) is 12.5. The minimum atomic E-state index is -0.147. The molecule has 3 nitrogen and oxygen atoms in total. The third kappa shape index (κ3) is 2.07. The van der Waals surface area contributed by atoms with Gasteiger partial charge in [0, 0.05) is 12.1 Å². The molecule has 1 aromatic rings. The van der Waals surface area contributed by atoms with Gasteiger partial charge >= 0.3 is 0 Å². The summed E-state index contributed by atoms with van der Waals surface area (Å²) in [6, 6.07) is 11.3. The molecule has 2 heterocycles. The summed E-state index contributed by atoms with van der Waals surface area (Å²) in [4.78, 5) is 2.55. The molecule has 0 saturated carbocycles. The third-order valence-corrected chi connectivity index (χ3v) is 4.36. The van der Waals surface area contributed by atoms with Gasteiger partial charge < -0.3 is 10.5 Å². The number of hydrogen-bond acceptors (Lipinski definition) is 3. The second kappa shape index (κ2) is 5.00. The van der Waals surface area contributed by atoms with Crippen LogP contribution in [0.5, 0.6) is 0 Å². The molecule has 2 unspecified atom stereocenters. The van der Waals surface area contributed by atoms with Crippen LogP contribution in [0, 0.1) is 0 Å². The van der Waals surface area contributed by atoms with Gasteiger partial charge in [-0.3, -0.25) is 4.90 Å². The monoisotopic (exact) mass is 246 g/mol. The zero-order valence-corrected chi connectivity index (χ0v) is 11.0. The number of morpholine rings is 1. The molecular weight excluding hydrogens is 224 g/mol. The van der Waals surface area contributed by atoms with Crippen LogP contribution < -0.4 is 5.73 Å². The quantitative estimate of drug-likeness (QED) is 0.826. The molecule has 2 N–H and O–H groups in total. The normalized spacial score (nSPS) is 37.2. The maximum Gasteiger partial charge on any atom is 0.122 e. The summed E-state index contributed by atoms with van der Waals surface area (Å²) < 4.78 is 6.09. The lowest BCUT2D eigenvalue weighted by molar-refractivity contribution is -0.157. The van der Waals surface area contributed by atoms with Gasteiger partial charge in [-0.05, 0) is 31.9 Å². The highest BCUT2D eigenvalue weighted by molar-refractivity contribution is 5.20. The van der Waals surface area contributed by atoms with E-state index in [1.165, 1.54) is 24.8 Å². The van der Waals surface area contributed by atoms with Crippen LogP contribution in [-0.2, 0) is 4.74 Å². The fourth-order valence-electron chi connectivity index (χ4n) is 3.39. The van der Waals surface area contributed by atoms with Gasteiger partial charge in [0.1, 0.15) is 6.23 Å². The molecule has 2 fully saturated rings. The fraction of sp³-hybridized carbons (Fsp3) is 0.600. The Bertz CT molecular complexity index is 395. The van der Waals surface area contributed by atoms with Crippen molar-refractivity contribution < 1.29 is 4.74 Å². The van der Waals surface area contributed by atoms with Crippen molar-refractivity contribution in [3.63, 3.8) is 0 Å². The van der Waals surface area contributed by atoms with Gasteiger partial charge in [0.2, 0.25) is 0 Å². The van der Waals surface area contributed by atoms with Crippen LogP contribution in [0.25, 0.3) is 0 Å². The summed E-state index contributed by atoms with van der Waals surface area (Å²) in [5, 5.41) is 0. The van der Waals surface area contributed by atoms with Gasteiger partial charge in [-0.1, -0.05) is 36.8 Å². The number of nitrogens with two attached hydrogens (primary N) is 1. The lowest BCUT2D eigenvalue weighted by Gasteiger charge is -2.50. The zero-order valence-electron chi connectivity index (χ0n) is 11.0. The minimum absolute atomic E-state index is 0.107. The second-order valence-corrected chi connectivity index (χ2v) is 5.47. The van der Waals surface area contributed by atoms with Gasteiger partial charge in [0.15, 0.2) is 0 Å². The largest absolute Gasteiger partial charge is 0.352 e. The average Bonchev–Trinajstić information content (AvgIpc) is 2.44. The Morgan fingerprint density at radius 3 is 2.78 bits per heavy atom. The molecule has 1 aromatic carbocycles. The Kier molecular flexibility index (Phi) is 3.37. The summed E-state index contributed by atoms with van der Waals surface area (Å²) in [7, 11) is 0. The minimum Gasteiger partial charge on any atom is -0.352 e. The van der Waals surface area contributed by atoms with E-state index in [-0.39, 0.29) is 12.3 Å². The summed E-state index contributed by atoms with van der Waals surface area (Å²) in [6.07, 6.45) is 3.70. The van der Waals surface area contributed by atoms with E-state index in [1.807, 2.05) is 6.07 Å². The first-order valence-corrected chi connectivity index (χ1v) is 6.99. The molecule has 98 valence electrons. The molecular formula is C15H22N2O. The first kappa shape index (κ1) is 12.2. The van der Waals surface area contributed by atoms with Crippen molar-refractivity contribution in [3.05, 3.63) is 35.9 Å². The maximum atomic E-state index is 6.22. The Morgan fingerprint density at radius 2 is 2.00 bits per heavy atom. The Morgan fingerprint density at radius 1 is 1.22 bits per heavy atom. The molecule has 0 spiro atoms. The first-order chi connectivity index (χ1) is 8.77. The molecule has 0 radical (unpaired) electrons. The van der Waals surface area contributed by atoms with E-state index < -0.39 is 0 Å². The van der Waals surface area contributed by atoms with Crippen molar-refractivity contribution >= 4 is 0 Å². The van der Waals surface area contributed by atoms with Crippen LogP contribution >= 0.6 is 0 Å². The molecule has 0 aromatic heterocycles. The van der Waals surface area contributed by atoms with Gasteiger partial charge in [0.05, 0.1) is 6.10 Å². The highest BCUT2D eigenvalue weighted by Gasteiger charge is 2.41. The van der Waals surface area contributed by atoms with Gasteiger partial charge in [-0.25, -0.2) is 0 Å². The summed E-state index contributed by atoms with van der Waals surface area (Å²) in [5.74, 6) is 0. The predicted molar refractivity (Wildman–Crippen MR) is 72.1 cm³/mol. The molecule has 0 amide bonds.